The molecule has 0 spiro atoms. The molecule has 0 fully saturated rings. The van der Waals surface area contributed by atoms with Gasteiger partial charge in [0.25, 0.3) is 0 Å². The Kier molecular flexibility index (Phi) is 3.76. The second-order valence-electron chi connectivity index (χ2n) is 3.84. The van der Waals surface area contributed by atoms with E-state index in [2.05, 4.69) is 26.2 Å². The molecule has 1 aromatic heterocycles. The molecular weight excluding hydrogens is 298 g/mol. The normalized spacial score (nSPS) is 10.6. The van der Waals surface area contributed by atoms with Crippen molar-refractivity contribution in [2.45, 2.75) is 19.9 Å². The fraction of sp³-hybridized carbons (Fsp3) is 0.250. The van der Waals surface area contributed by atoms with Crippen LogP contribution in [0.15, 0.2) is 28.9 Å². The standard InChI is InChI=1S/C12H12BrN3O2/c1-2-10-11(13)14-15-16(10)7-8-3-5-9(6-4-8)12(17)18/h3-6H,2,7H2,1H3,(H,17,18). The molecule has 5 nitrogen and oxygen atoms in total. The highest BCUT2D eigenvalue weighted by Gasteiger charge is 2.09. The molecule has 1 N–H and O–H groups in total. The monoisotopic (exact) mass is 309 g/mol. The van der Waals surface area contributed by atoms with E-state index in [9.17, 15) is 4.79 Å². The van der Waals surface area contributed by atoms with E-state index in [4.69, 9.17) is 5.11 Å². The molecule has 6 heteroatoms. The predicted octanol–water partition coefficient (Wildman–Crippen LogP) is 2.35. The van der Waals surface area contributed by atoms with Crippen LogP contribution in [0.1, 0.15) is 28.5 Å². The smallest absolute Gasteiger partial charge is 0.335 e. The molecule has 0 aliphatic rings. The van der Waals surface area contributed by atoms with Crippen molar-refractivity contribution in [3.8, 4) is 0 Å². The molecule has 0 saturated heterocycles. The highest BCUT2D eigenvalue weighted by atomic mass is 79.9. The minimum absolute atomic E-state index is 0.286. The average molecular weight is 310 g/mol. The summed E-state index contributed by atoms with van der Waals surface area (Å²) in [7, 11) is 0. The Hall–Kier alpha value is -1.69. The first-order valence-corrected chi connectivity index (χ1v) is 6.31. The summed E-state index contributed by atoms with van der Waals surface area (Å²) in [5.41, 5.74) is 2.30. The average Bonchev–Trinajstić information content (AvgIpc) is 2.70. The van der Waals surface area contributed by atoms with Crippen molar-refractivity contribution >= 4 is 21.9 Å². The first-order valence-electron chi connectivity index (χ1n) is 5.52. The molecule has 0 aliphatic heterocycles. The summed E-state index contributed by atoms with van der Waals surface area (Å²) in [6.07, 6.45) is 0.834. The first-order chi connectivity index (χ1) is 8.61. The fourth-order valence-electron chi connectivity index (χ4n) is 1.69. The highest BCUT2D eigenvalue weighted by molar-refractivity contribution is 9.10. The van der Waals surface area contributed by atoms with Crippen molar-refractivity contribution in [2.24, 2.45) is 0 Å². The van der Waals surface area contributed by atoms with E-state index in [0.29, 0.717) is 6.54 Å². The lowest BCUT2D eigenvalue weighted by atomic mass is 10.1. The van der Waals surface area contributed by atoms with Crippen LogP contribution in [0.2, 0.25) is 0 Å². The third kappa shape index (κ3) is 2.59. The SMILES string of the molecule is CCc1c(Br)nnn1Cc1ccc(C(=O)O)cc1. The van der Waals surface area contributed by atoms with Gasteiger partial charge in [0.2, 0.25) is 0 Å². The number of benzene rings is 1. The number of rotatable bonds is 4. The van der Waals surface area contributed by atoms with E-state index in [1.54, 1.807) is 28.9 Å². The van der Waals surface area contributed by atoms with Gasteiger partial charge in [-0.1, -0.05) is 24.3 Å². The van der Waals surface area contributed by atoms with Crippen LogP contribution in [0.25, 0.3) is 0 Å². The third-order valence-electron chi connectivity index (χ3n) is 2.66. The number of carboxylic acids is 1. The number of hydrogen-bond acceptors (Lipinski definition) is 3. The van der Waals surface area contributed by atoms with Gasteiger partial charge in [0.1, 0.15) is 0 Å². The van der Waals surface area contributed by atoms with E-state index >= 15 is 0 Å². The van der Waals surface area contributed by atoms with E-state index in [1.807, 2.05) is 6.92 Å². The van der Waals surface area contributed by atoms with Crippen molar-refractivity contribution in [2.75, 3.05) is 0 Å². The topological polar surface area (TPSA) is 68.0 Å². The Labute approximate surface area is 113 Å². The maximum Gasteiger partial charge on any atom is 0.335 e. The van der Waals surface area contributed by atoms with Crippen LogP contribution in [0.5, 0.6) is 0 Å². The molecule has 2 aromatic rings. The van der Waals surface area contributed by atoms with E-state index in [0.717, 1.165) is 22.3 Å². The lowest BCUT2D eigenvalue weighted by molar-refractivity contribution is 0.0697. The van der Waals surface area contributed by atoms with Crippen molar-refractivity contribution in [1.82, 2.24) is 15.0 Å². The highest BCUT2D eigenvalue weighted by Crippen LogP contribution is 2.15. The van der Waals surface area contributed by atoms with Gasteiger partial charge >= 0.3 is 5.97 Å². The molecule has 0 unspecified atom stereocenters. The van der Waals surface area contributed by atoms with Crippen molar-refractivity contribution in [3.05, 3.63) is 45.7 Å². The Morgan fingerprint density at radius 3 is 2.61 bits per heavy atom. The lowest BCUT2D eigenvalue weighted by Crippen LogP contribution is -2.06. The first kappa shape index (κ1) is 12.8. The van der Waals surface area contributed by atoms with Gasteiger partial charge < -0.3 is 5.11 Å². The lowest BCUT2D eigenvalue weighted by Gasteiger charge is -2.05. The zero-order valence-electron chi connectivity index (χ0n) is 9.80. The Balaban J connectivity index is 2.20. The summed E-state index contributed by atoms with van der Waals surface area (Å²) in [6, 6.07) is 6.77. The molecule has 0 atom stereocenters. The Morgan fingerprint density at radius 1 is 1.39 bits per heavy atom. The molecule has 0 amide bonds. The van der Waals surface area contributed by atoms with Gasteiger partial charge in [-0.3, -0.25) is 0 Å². The molecule has 2 rings (SSSR count). The number of hydrogen-bond donors (Lipinski definition) is 1. The zero-order chi connectivity index (χ0) is 13.1. The number of aromatic carboxylic acids is 1. The molecule has 18 heavy (non-hydrogen) atoms. The maximum atomic E-state index is 10.7. The minimum Gasteiger partial charge on any atom is -0.478 e. The van der Waals surface area contributed by atoms with Crippen LogP contribution >= 0.6 is 15.9 Å². The van der Waals surface area contributed by atoms with Crippen LogP contribution in [0, 0.1) is 0 Å². The number of aromatic nitrogens is 3. The fourth-order valence-corrected chi connectivity index (χ4v) is 2.25. The third-order valence-corrected chi connectivity index (χ3v) is 3.27. The van der Waals surface area contributed by atoms with Crippen LogP contribution in [-0.4, -0.2) is 26.1 Å². The summed E-state index contributed by atoms with van der Waals surface area (Å²) in [5, 5.41) is 16.8. The molecule has 1 aromatic carbocycles. The largest absolute Gasteiger partial charge is 0.478 e. The van der Waals surface area contributed by atoms with Crippen LogP contribution in [0.3, 0.4) is 0 Å². The van der Waals surface area contributed by atoms with Crippen LogP contribution in [-0.2, 0) is 13.0 Å². The number of carboxylic acid groups (broad SMARTS) is 1. The predicted molar refractivity (Wildman–Crippen MR) is 69.6 cm³/mol. The van der Waals surface area contributed by atoms with Gasteiger partial charge in [-0.2, -0.15) is 0 Å². The summed E-state index contributed by atoms with van der Waals surface area (Å²) in [5.74, 6) is -0.917. The van der Waals surface area contributed by atoms with Crippen LogP contribution in [0.4, 0.5) is 0 Å². The van der Waals surface area contributed by atoms with E-state index < -0.39 is 5.97 Å². The van der Waals surface area contributed by atoms with Gasteiger partial charge in [0.05, 0.1) is 17.8 Å². The van der Waals surface area contributed by atoms with E-state index in [-0.39, 0.29) is 5.56 Å². The summed E-state index contributed by atoms with van der Waals surface area (Å²) in [6.45, 7) is 2.62. The Bertz CT molecular complexity index is 563. The van der Waals surface area contributed by atoms with Crippen molar-refractivity contribution < 1.29 is 9.90 Å². The summed E-state index contributed by atoms with van der Waals surface area (Å²) >= 11 is 3.35. The summed E-state index contributed by atoms with van der Waals surface area (Å²) < 4.78 is 2.56. The summed E-state index contributed by atoms with van der Waals surface area (Å²) in [4.78, 5) is 10.7. The molecule has 1 heterocycles. The van der Waals surface area contributed by atoms with Gasteiger partial charge in [0, 0.05) is 0 Å². The number of halogens is 1. The molecule has 0 radical (unpaired) electrons. The van der Waals surface area contributed by atoms with E-state index in [1.165, 1.54) is 0 Å². The van der Waals surface area contributed by atoms with Crippen molar-refractivity contribution in [1.29, 1.82) is 0 Å². The quantitative estimate of drug-likeness (QED) is 0.941. The second-order valence-corrected chi connectivity index (χ2v) is 4.59. The van der Waals surface area contributed by atoms with Gasteiger partial charge in [0.15, 0.2) is 4.60 Å². The van der Waals surface area contributed by atoms with Crippen molar-refractivity contribution in [3.63, 3.8) is 0 Å². The maximum absolute atomic E-state index is 10.7. The molecule has 0 saturated carbocycles. The molecule has 94 valence electrons. The molecule has 0 bridgehead atoms. The number of nitrogens with zero attached hydrogens (tertiary/aromatic N) is 3. The van der Waals surface area contributed by atoms with Gasteiger partial charge in [-0.15, -0.1) is 5.10 Å². The van der Waals surface area contributed by atoms with Gasteiger partial charge in [-0.25, -0.2) is 9.48 Å². The van der Waals surface area contributed by atoms with Crippen LogP contribution < -0.4 is 0 Å². The second kappa shape index (κ2) is 5.30. The Morgan fingerprint density at radius 2 is 2.06 bits per heavy atom. The van der Waals surface area contributed by atoms with Gasteiger partial charge in [-0.05, 0) is 40.0 Å². The number of carbonyl (C=O) groups is 1. The zero-order valence-corrected chi connectivity index (χ0v) is 11.4. The molecular formula is C12H12BrN3O2. The minimum atomic E-state index is -0.917. The molecule has 0 aliphatic carbocycles.